The Kier molecular flexibility index (Phi) is 41.5. The van der Waals surface area contributed by atoms with Gasteiger partial charge in [0.25, 0.3) is 7.82 Å². The minimum atomic E-state index is -4.64. The second kappa shape index (κ2) is 43.4. The molecule has 9 nitrogen and oxygen atoms in total. The molecule has 2 atom stereocenters. The van der Waals surface area contributed by atoms with E-state index in [1.54, 1.807) is 0 Å². The Morgan fingerprint density at radius 1 is 0.516 bits per heavy atom. The van der Waals surface area contributed by atoms with Gasteiger partial charge in [0, 0.05) is 12.8 Å². The molecule has 0 aromatic heterocycles. The smallest absolute Gasteiger partial charge is 0.306 e. The fourth-order valence-electron chi connectivity index (χ4n) is 6.12. The summed E-state index contributed by atoms with van der Waals surface area (Å²) in [5.41, 5.74) is 0. The zero-order valence-corrected chi connectivity index (χ0v) is 40.9. The number of likely N-dealkylation sites (N-methyl/N-ethyl adjacent to an activating group) is 1. The lowest BCUT2D eigenvalue weighted by Gasteiger charge is -2.28. The summed E-state index contributed by atoms with van der Waals surface area (Å²) in [6, 6.07) is 0. The van der Waals surface area contributed by atoms with E-state index in [0.29, 0.717) is 17.4 Å². The van der Waals surface area contributed by atoms with Crippen molar-refractivity contribution in [1.82, 2.24) is 0 Å². The third-order valence-corrected chi connectivity index (χ3v) is 10.9. The molecule has 0 rings (SSSR count). The molecule has 0 saturated heterocycles. The normalized spacial score (nSPS) is 14.2. The number of esters is 2. The summed E-state index contributed by atoms with van der Waals surface area (Å²) in [7, 11) is 1.13. The molecule has 0 saturated carbocycles. The predicted octanol–water partition coefficient (Wildman–Crippen LogP) is 13.7. The highest BCUT2D eigenvalue weighted by Crippen LogP contribution is 2.38. The van der Waals surface area contributed by atoms with Gasteiger partial charge in [-0.25, -0.2) is 0 Å². The molecule has 0 heterocycles. The van der Waals surface area contributed by atoms with Crippen molar-refractivity contribution in [3.63, 3.8) is 0 Å². The van der Waals surface area contributed by atoms with Crippen LogP contribution in [0.4, 0.5) is 0 Å². The Morgan fingerprint density at radius 2 is 0.919 bits per heavy atom. The van der Waals surface area contributed by atoms with Crippen molar-refractivity contribution in [2.24, 2.45) is 0 Å². The number of carbonyl (C=O) groups is 2. The number of carbonyl (C=O) groups excluding carboxylic acids is 2. The van der Waals surface area contributed by atoms with Crippen LogP contribution in [0.25, 0.3) is 0 Å². The standard InChI is InChI=1S/C52H90NO8P/c1-6-8-10-12-14-16-18-20-22-24-26-28-30-32-34-36-38-40-42-44-51(54)58-48-50(49-60-62(56,57)59-47-46-53(3,4)5)61-52(55)45-43-41-39-37-35-33-31-29-27-25-23-21-19-17-15-13-11-9-7-2/h9,11,14-17,20-23,27,29,33,35,50H,6-8,10,12-13,18-19,24-26,28,30-32,34,36-49H2,1-5H3/b11-9+,16-14+,17-15+,22-20+,23-21+,29-27+,35-33+/t50-/m1/s1. The number of rotatable bonds is 43. The number of unbranched alkanes of at least 4 members (excludes halogenated alkanes) is 15. The molecule has 0 aliphatic carbocycles. The lowest BCUT2D eigenvalue weighted by atomic mass is 10.1. The maximum absolute atomic E-state index is 12.7. The maximum Gasteiger partial charge on any atom is 0.306 e. The fourth-order valence-corrected chi connectivity index (χ4v) is 6.85. The number of nitrogens with zero attached hydrogens (tertiary/aromatic N) is 1. The van der Waals surface area contributed by atoms with Crippen molar-refractivity contribution in [3.05, 3.63) is 85.1 Å². The summed E-state index contributed by atoms with van der Waals surface area (Å²) in [6.45, 7) is 4.04. The van der Waals surface area contributed by atoms with Crippen LogP contribution in [0.5, 0.6) is 0 Å². The van der Waals surface area contributed by atoms with Crippen molar-refractivity contribution in [1.29, 1.82) is 0 Å². The van der Waals surface area contributed by atoms with Gasteiger partial charge in [0.2, 0.25) is 0 Å². The Bertz CT molecular complexity index is 1330. The van der Waals surface area contributed by atoms with Gasteiger partial charge in [-0.15, -0.1) is 0 Å². The van der Waals surface area contributed by atoms with Crippen molar-refractivity contribution in [2.45, 2.75) is 187 Å². The molecule has 0 N–H and O–H groups in total. The largest absolute Gasteiger partial charge is 0.756 e. The molecule has 0 aliphatic heterocycles. The van der Waals surface area contributed by atoms with Crippen LogP contribution in [-0.2, 0) is 32.7 Å². The average Bonchev–Trinajstić information content (AvgIpc) is 3.23. The third kappa shape index (κ3) is 46.7. The first-order valence-electron chi connectivity index (χ1n) is 24.3. The Morgan fingerprint density at radius 3 is 1.39 bits per heavy atom. The monoisotopic (exact) mass is 888 g/mol. The highest BCUT2D eigenvalue weighted by molar-refractivity contribution is 7.45. The van der Waals surface area contributed by atoms with Gasteiger partial charge in [-0.3, -0.25) is 14.2 Å². The number of ether oxygens (including phenoxy) is 2. The molecule has 10 heteroatoms. The van der Waals surface area contributed by atoms with Crippen LogP contribution in [0.2, 0.25) is 0 Å². The highest BCUT2D eigenvalue weighted by atomic mass is 31.2. The third-order valence-electron chi connectivity index (χ3n) is 9.90. The van der Waals surface area contributed by atoms with Crippen LogP contribution in [0.3, 0.4) is 0 Å². The molecule has 1 unspecified atom stereocenters. The lowest BCUT2D eigenvalue weighted by molar-refractivity contribution is -0.870. The molecule has 0 fully saturated rings. The molecule has 356 valence electrons. The first-order valence-corrected chi connectivity index (χ1v) is 25.8. The van der Waals surface area contributed by atoms with Crippen LogP contribution >= 0.6 is 7.82 Å². The molecule has 0 amide bonds. The predicted molar refractivity (Wildman–Crippen MR) is 259 cm³/mol. The number of hydrogen-bond donors (Lipinski definition) is 0. The van der Waals surface area contributed by atoms with Crippen molar-refractivity contribution < 1.29 is 42.1 Å². The zero-order chi connectivity index (χ0) is 45.7. The van der Waals surface area contributed by atoms with Crippen LogP contribution in [0.15, 0.2) is 85.1 Å². The Balaban J connectivity index is 4.38. The topological polar surface area (TPSA) is 111 Å². The summed E-state index contributed by atoms with van der Waals surface area (Å²) in [5.74, 6) is -0.882. The Hall–Kier alpha value is -2.81. The number of phosphoric acid groups is 1. The van der Waals surface area contributed by atoms with Gasteiger partial charge in [-0.05, 0) is 89.9 Å². The van der Waals surface area contributed by atoms with Crippen LogP contribution in [-0.4, -0.2) is 70.0 Å². The van der Waals surface area contributed by atoms with E-state index in [1.807, 2.05) is 21.1 Å². The van der Waals surface area contributed by atoms with E-state index in [0.717, 1.165) is 89.9 Å². The molecule has 0 aromatic rings. The minimum Gasteiger partial charge on any atom is -0.756 e. The van der Waals surface area contributed by atoms with Gasteiger partial charge < -0.3 is 27.9 Å². The molecule has 0 spiro atoms. The van der Waals surface area contributed by atoms with E-state index in [4.69, 9.17) is 18.5 Å². The van der Waals surface area contributed by atoms with E-state index >= 15 is 0 Å². The van der Waals surface area contributed by atoms with Crippen molar-refractivity contribution in [3.8, 4) is 0 Å². The number of hydrogen-bond acceptors (Lipinski definition) is 8. The van der Waals surface area contributed by atoms with Gasteiger partial charge in [-0.1, -0.05) is 163 Å². The molecular formula is C52H90NO8P. The first kappa shape index (κ1) is 59.2. The Labute approximate surface area is 380 Å². The fraction of sp³-hybridized carbons (Fsp3) is 0.692. The summed E-state index contributed by atoms with van der Waals surface area (Å²) in [6.07, 6.45) is 56.1. The van der Waals surface area contributed by atoms with Crippen molar-refractivity contribution >= 4 is 19.8 Å². The van der Waals surface area contributed by atoms with Gasteiger partial charge >= 0.3 is 11.9 Å². The molecule has 0 bridgehead atoms. The van der Waals surface area contributed by atoms with Gasteiger partial charge in [0.15, 0.2) is 6.10 Å². The van der Waals surface area contributed by atoms with Crippen molar-refractivity contribution in [2.75, 3.05) is 47.5 Å². The highest BCUT2D eigenvalue weighted by Gasteiger charge is 2.21. The number of quaternary nitrogens is 1. The molecule has 0 aliphatic rings. The quantitative estimate of drug-likeness (QED) is 0.0196. The SMILES string of the molecule is CC/C=C/C/C=C/C/C=C/C/C=C/C/C=C/CCCCCC(=O)O[C@H](COC(=O)CCCCCCCCCCC/C=C/C/C=C/CCCCC)COP(=O)([O-])OCC[N+](C)(C)C. The molecule has 62 heavy (non-hydrogen) atoms. The van der Waals surface area contributed by atoms with Gasteiger partial charge in [-0.2, -0.15) is 0 Å². The summed E-state index contributed by atoms with van der Waals surface area (Å²) < 4.78 is 34.0. The number of allylic oxidation sites excluding steroid dienone is 14. The zero-order valence-electron chi connectivity index (χ0n) is 40.0. The summed E-state index contributed by atoms with van der Waals surface area (Å²) in [4.78, 5) is 37.7. The van der Waals surface area contributed by atoms with Crippen LogP contribution in [0, 0.1) is 0 Å². The van der Waals surface area contributed by atoms with E-state index < -0.39 is 32.5 Å². The van der Waals surface area contributed by atoms with Crippen LogP contribution in [0.1, 0.15) is 181 Å². The summed E-state index contributed by atoms with van der Waals surface area (Å²) >= 11 is 0. The van der Waals surface area contributed by atoms with E-state index in [9.17, 15) is 19.0 Å². The molecule has 0 radical (unpaired) electrons. The van der Waals surface area contributed by atoms with Gasteiger partial charge in [0.1, 0.15) is 19.8 Å². The van der Waals surface area contributed by atoms with Gasteiger partial charge in [0.05, 0.1) is 27.7 Å². The van der Waals surface area contributed by atoms with Crippen LogP contribution < -0.4 is 4.89 Å². The maximum atomic E-state index is 12.7. The minimum absolute atomic E-state index is 0.0427. The van der Waals surface area contributed by atoms with E-state index in [-0.39, 0.29) is 26.1 Å². The van der Waals surface area contributed by atoms with E-state index in [1.165, 1.54) is 57.8 Å². The second-order valence-electron chi connectivity index (χ2n) is 17.1. The summed E-state index contributed by atoms with van der Waals surface area (Å²) in [5, 5.41) is 0. The molecule has 0 aromatic carbocycles. The number of phosphoric ester groups is 1. The lowest BCUT2D eigenvalue weighted by Crippen LogP contribution is -2.37. The average molecular weight is 888 g/mol. The molecular weight excluding hydrogens is 798 g/mol. The second-order valence-corrected chi connectivity index (χ2v) is 18.5. The first-order chi connectivity index (χ1) is 30.0. The van der Waals surface area contributed by atoms with E-state index in [2.05, 4.69) is 98.9 Å².